The van der Waals surface area contributed by atoms with Gasteiger partial charge in [-0.15, -0.1) is 0 Å². The van der Waals surface area contributed by atoms with Crippen molar-refractivity contribution in [3.8, 4) is 0 Å². The van der Waals surface area contributed by atoms with Crippen LogP contribution in [0.2, 0.25) is 0 Å². The number of non-ortho nitro benzene ring substituents is 1. The minimum absolute atomic E-state index is 0.0212. The fourth-order valence-electron chi connectivity index (χ4n) is 4.82. The summed E-state index contributed by atoms with van der Waals surface area (Å²) in [6, 6.07) is 1.11. The number of nitrogens with zero attached hydrogens (tertiary/aromatic N) is 5. The van der Waals surface area contributed by atoms with Crippen LogP contribution in [0.25, 0.3) is 10.1 Å². The van der Waals surface area contributed by atoms with Gasteiger partial charge in [-0.1, -0.05) is 16.5 Å². The van der Waals surface area contributed by atoms with Gasteiger partial charge in [0, 0.05) is 38.3 Å². The largest absolute Gasteiger partial charge is 0.416 e. The molecule has 2 aliphatic rings. The number of anilines is 1. The Kier molecular flexibility index (Phi) is 7.27. The van der Waals surface area contributed by atoms with Gasteiger partial charge in [-0.2, -0.15) is 18.2 Å². The fourth-order valence-corrected chi connectivity index (χ4v) is 6.02. The van der Waals surface area contributed by atoms with Gasteiger partial charge in [0.25, 0.3) is 11.2 Å². The Morgan fingerprint density at radius 1 is 1.29 bits per heavy atom. The number of hydrogen-bond acceptors (Lipinski definition) is 9. The monoisotopic (exact) mass is 513 g/mol. The highest BCUT2D eigenvalue weighted by Gasteiger charge is 2.35. The lowest BCUT2D eigenvalue weighted by Crippen LogP contribution is -2.53. The molecule has 1 aromatic heterocycles. The lowest BCUT2D eigenvalue weighted by molar-refractivity contribution is -0.383. The van der Waals surface area contributed by atoms with Crippen LogP contribution in [0.3, 0.4) is 0 Å². The minimum Gasteiger partial charge on any atom is -0.399 e. The van der Waals surface area contributed by atoms with Crippen molar-refractivity contribution < 1.29 is 22.9 Å². The van der Waals surface area contributed by atoms with Gasteiger partial charge in [0.1, 0.15) is 11.8 Å². The molecule has 1 aliphatic carbocycles. The van der Waals surface area contributed by atoms with E-state index in [2.05, 4.69) is 15.0 Å². The molecule has 13 heteroatoms. The van der Waals surface area contributed by atoms with E-state index in [4.69, 9.17) is 4.84 Å². The van der Waals surface area contributed by atoms with Gasteiger partial charge >= 0.3 is 6.18 Å². The Balaban J connectivity index is 1.52. The van der Waals surface area contributed by atoms with Crippen LogP contribution in [0, 0.1) is 16.0 Å². The van der Waals surface area contributed by atoms with E-state index < -0.39 is 27.9 Å². The van der Waals surface area contributed by atoms with Crippen molar-refractivity contribution in [1.82, 2.24) is 9.88 Å². The lowest BCUT2D eigenvalue weighted by atomic mass is 9.87. The van der Waals surface area contributed by atoms with E-state index in [-0.39, 0.29) is 21.3 Å². The van der Waals surface area contributed by atoms with E-state index in [1.807, 2.05) is 11.8 Å². The summed E-state index contributed by atoms with van der Waals surface area (Å²) in [5.74, 6) is 0.560. The number of benzene rings is 1. The molecule has 4 rings (SSSR count). The van der Waals surface area contributed by atoms with E-state index in [1.165, 1.54) is 0 Å². The Bertz CT molecular complexity index is 1190. The third-order valence-electron chi connectivity index (χ3n) is 6.59. The standard InChI is InChI=1S/C22H26F3N5O4S/c1-13-11-28(12-14-3-5-16(6-4-14)27-34-2)7-8-29(13)21-26-20(31)17-9-15(22(23,24)25)10-18(30(32)33)19(17)35-21/h9-10,13-14H,3-8,11-12H2,1-2H3/t13-,14?/m0/s1. The van der Waals surface area contributed by atoms with Gasteiger partial charge < -0.3 is 9.74 Å². The molecule has 1 aliphatic heterocycles. The zero-order valence-electron chi connectivity index (χ0n) is 19.4. The van der Waals surface area contributed by atoms with Crippen molar-refractivity contribution in [3.63, 3.8) is 0 Å². The molecule has 2 fully saturated rings. The minimum atomic E-state index is -4.81. The first-order valence-electron chi connectivity index (χ1n) is 11.3. The summed E-state index contributed by atoms with van der Waals surface area (Å²) < 4.78 is 39.5. The number of halogens is 3. The van der Waals surface area contributed by atoms with Crippen LogP contribution in [0.15, 0.2) is 22.1 Å². The van der Waals surface area contributed by atoms with E-state index in [0.29, 0.717) is 24.6 Å². The SMILES string of the molecule is CON=C1CCC(CN2CCN(c3nc(=O)c4cc(C(F)(F)F)cc([N+](=O)[O-])c4s3)[C@@H](C)C2)CC1. The maximum Gasteiger partial charge on any atom is 0.416 e. The first-order chi connectivity index (χ1) is 16.6. The highest BCUT2D eigenvalue weighted by atomic mass is 32.1. The van der Waals surface area contributed by atoms with E-state index in [1.54, 1.807) is 7.11 Å². The number of alkyl halides is 3. The van der Waals surface area contributed by atoms with E-state index >= 15 is 0 Å². The predicted octanol–water partition coefficient (Wildman–Crippen LogP) is 4.29. The van der Waals surface area contributed by atoms with Crippen LogP contribution < -0.4 is 10.5 Å². The van der Waals surface area contributed by atoms with Crippen LogP contribution in [0.1, 0.15) is 38.2 Å². The summed E-state index contributed by atoms with van der Waals surface area (Å²) in [5, 5.41) is 15.5. The summed E-state index contributed by atoms with van der Waals surface area (Å²) >= 11 is 0.890. The number of piperazine rings is 1. The van der Waals surface area contributed by atoms with Crippen LogP contribution in [0.5, 0.6) is 0 Å². The second kappa shape index (κ2) is 10.1. The molecular formula is C22H26F3N5O4S. The number of nitro benzene ring substituents is 1. The average Bonchev–Trinajstić information content (AvgIpc) is 2.79. The Morgan fingerprint density at radius 3 is 2.60 bits per heavy atom. The highest BCUT2D eigenvalue weighted by Crippen LogP contribution is 2.38. The zero-order chi connectivity index (χ0) is 25.3. The first-order valence-corrected chi connectivity index (χ1v) is 12.2. The van der Waals surface area contributed by atoms with Gasteiger partial charge in [-0.25, -0.2) is 0 Å². The summed E-state index contributed by atoms with van der Waals surface area (Å²) in [4.78, 5) is 36.5. The molecule has 0 bridgehead atoms. The molecule has 1 saturated carbocycles. The van der Waals surface area contributed by atoms with Gasteiger partial charge in [0.05, 0.1) is 21.6 Å². The molecule has 9 nitrogen and oxygen atoms in total. The summed E-state index contributed by atoms with van der Waals surface area (Å²) in [5.41, 5.74) is -1.77. The molecular weight excluding hydrogens is 487 g/mol. The van der Waals surface area contributed by atoms with Crippen LogP contribution in [-0.4, -0.2) is 59.8 Å². The number of rotatable bonds is 5. The second-order valence-electron chi connectivity index (χ2n) is 9.01. The van der Waals surface area contributed by atoms with Gasteiger partial charge in [0.15, 0.2) is 5.13 Å². The molecule has 0 radical (unpaired) electrons. The van der Waals surface area contributed by atoms with Crippen molar-refractivity contribution >= 4 is 38.0 Å². The fraction of sp³-hybridized carbons (Fsp3) is 0.591. The van der Waals surface area contributed by atoms with Crippen LogP contribution in [-0.2, 0) is 11.0 Å². The molecule has 35 heavy (non-hydrogen) atoms. The number of hydrogen-bond donors (Lipinski definition) is 0. The Morgan fingerprint density at radius 2 is 2.00 bits per heavy atom. The molecule has 1 aromatic carbocycles. The normalized spacial score (nSPS) is 21.9. The van der Waals surface area contributed by atoms with Gasteiger partial charge in [-0.05, 0) is 44.6 Å². The third-order valence-corrected chi connectivity index (χ3v) is 7.73. The topological polar surface area (TPSA) is 101 Å². The number of fused-ring (bicyclic) bond motifs is 1. The quantitative estimate of drug-likeness (QED) is 0.434. The first kappa shape index (κ1) is 25.3. The molecule has 0 spiro atoms. The molecule has 0 N–H and O–H groups in total. The number of oxime groups is 1. The molecule has 0 amide bonds. The van der Waals surface area contributed by atoms with Crippen LogP contribution >= 0.6 is 11.3 Å². The van der Waals surface area contributed by atoms with Crippen molar-refractivity contribution in [3.05, 3.63) is 38.2 Å². The summed E-state index contributed by atoms with van der Waals surface area (Å²) in [7, 11) is 1.55. The molecule has 1 atom stereocenters. The van der Waals surface area contributed by atoms with Crippen LogP contribution in [0.4, 0.5) is 24.0 Å². The van der Waals surface area contributed by atoms with E-state index in [9.17, 15) is 28.1 Å². The van der Waals surface area contributed by atoms with Crippen molar-refractivity contribution in [2.24, 2.45) is 11.1 Å². The maximum atomic E-state index is 13.2. The van der Waals surface area contributed by atoms with Gasteiger partial charge in [-0.3, -0.25) is 19.8 Å². The molecule has 2 heterocycles. The molecule has 2 aromatic rings. The second-order valence-corrected chi connectivity index (χ2v) is 9.99. The lowest BCUT2D eigenvalue weighted by Gasteiger charge is -2.41. The average molecular weight is 514 g/mol. The van der Waals surface area contributed by atoms with E-state index in [0.717, 1.165) is 62.4 Å². The van der Waals surface area contributed by atoms with Gasteiger partial charge in [0.2, 0.25) is 0 Å². The van der Waals surface area contributed by atoms with Crippen molar-refractivity contribution in [2.45, 2.75) is 44.8 Å². The molecule has 1 saturated heterocycles. The Hall–Kier alpha value is -2.80. The number of aromatic nitrogens is 1. The predicted molar refractivity (Wildman–Crippen MR) is 127 cm³/mol. The smallest absolute Gasteiger partial charge is 0.399 e. The summed E-state index contributed by atoms with van der Waals surface area (Å²) in [6.07, 6.45) is -0.853. The Labute approximate surface area is 203 Å². The molecule has 190 valence electrons. The third kappa shape index (κ3) is 5.56. The molecule has 0 unspecified atom stereocenters. The summed E-state index contributed by atoms with van der Waals surface area (Å²) in [6.45, 7) is 4.96. The maximum absolute atomic E-state index is 13.2. The number of nitro groups is 1. The zero-order valence-corrected chi connectivity index (χ0v) is 20.2. The van der Waals surface area contributed by atoms with Crippen molar-refractivity contribution in [1.29, 1.82) is 0 Å². The van der Waals surface area contributed by atoms with Crippen molar-refractivity contribution in [2.75, 3.05) is 38.2 Å². The highest BCUT2D eigenvalue weighted by molar-refractivity contribution is 7.22.